The smallest absolute Gasteiger partial charge is 0.323 e. The molecule has 0 unspecified atom stereocenters. The van der Waals surface area contributed by atoms with Gasteiger partial charge in [-0.3, -0.25) is 4.79 Å². The molecule has 16 heavy (non-hydrogen) atoms. The van der Waals surface area contributed by atoms with Crippen molar-refractivity contribution in [2.75, 3.05) is 18.0 Å². The third-order valence-corrected chi connectivity index (χ3v) is 2.46. The summed E-state index contributed by atoms with van der Waals surface area (Å²) in [5, 5.41) is 17.8. The third kappa shape index (κ3) is 2.88. The molecule has 0 aliphatic heterocycles. The van der Waals surface area contributed by atoms with Gasteiger partial charge in [-0.05, 0) is 25.1 Å². The lowest BCUT2D eigenvalue weighted by Crippen LogP contribution is -2.29. The van der Waals surface area contributed by atoms with Gasteiger partial charge in [0, 0.05) is 12.2 Å². The van der Waals surface area contributed by atoms with Gasteiger partial charge in [0.15, 0.2) is 0 Å². The monoisotopic (exact) mass is 238 g/mol. The molecule has 1 N–H and O–H groups in total. The average Bonchev–Trinajstić information content (AvgIpc) is 2.25. The van der Waals surface area contributed by atoms with Gasteiger partial charge in [-0.1, -0.05) is 11.6 Å². The quantitative estimate of drug-likeness (QED) is 0.873. The highest BCUT2D eigenvalue weighted by Gasteiger charge is 2.10. The summed E-state index contributed by atoms with van der Waals surface area (Å²) in [5.74, 6) is -0.901. The van der Waals surface area contributed by atoms with Crippen LogP contribution in [0.4, 0.5) is 5.69 Å². The molecule has 4 nitrogen and oxygen atoms in total. The number of likely N-dealkylation sites (N-methyl/N-ethyl adjacent to an activating group) is 1. The van der Waals surface area contributed by atoms with Crippen LogP contribution in [0.1, 0.15) is 12.5 Å². The van der Waals surface area contributed by atoms with Crippen molar-refractivity contribution in [3.05, 3.63) is 28.8 Å². The molecule has 84 valence electrons. The van der Waals surface area contributed by atoms with E-state index in [4.69, 9.17) is 22.0 Å². The first kappa shape index (κ1) is 12.3. The number of hydrogen-bond donors (Lipinski definition) is 1. The van der Waals surface area contributed by atoms with Crippen LogP contribution in [0.25, 0.3) is 0 Å². The van der Waals surface area contributed by atoms with Gasteiger partial charge in [0.1, 0.15) is 12.6 Å². The number of carboxylic acids is 1. The Labute approximate surface area is 98.7 Å². The molecule has 0 spiro atoms. The van der Waals surface area contributed by atoms with Crippen LogP contribution in [-0.2, 0) is 4.79 Å². The van der Waals surface area contributed by atoms with Crippen molar-refractivity contribution in [2.45, 2.75) is 6.92 Å². The minimum absolute atomic E-state index is 0.0846. The van der Waals surface area contributed by atoms with Crippen molar-refractivity contribution in [3.63, 3.8) is 0 Å². The minimum Gasteiger partial charge on any atom is -0.480 e. The second-order valence-electron chi connectivity index (χ2n) is 3.18. The molecular formula is C11H11ClN2O2. The Kier molecular flexibility index (Phi) is 4.15. The van der Waals surface area contributed by atoms with E-state index in [9.17, 15) is 4.79 Å². The predicted octanol–water partition coefficient (Wildman–Crippen LogP) is 2.12. The molecule has 0 heterocycles. The van der Waals surface area contributed by atoms with Crippen molar-refractivity contribution in [3.8, 4) is 6.07 Å². The molecule has 0 bridgehead atoms. The fourth-order valence-electron chi connectivity index (χ4n) is 1.34. The highest BCUT2D eigenvalue weighted by Crippen LogP contribution is 2.23. The third-order valence-electron chi connectivity index (χ3n) is 2.15. The van der Waals surface area contributed by atoms with Crippen LogP contribution < -0.4 is 4.90 Å². The minimum atomic E-state index is -0.901. The summed E-state index contributed by atoms with van der Waals surface area (Å²) in [6.07, 6.45) is 0. The topological polar surface area (TPSA) is 64.3 Å². The molecule has 1 aromatic rings. The first-order valence-corrected chi connectivity index (χ1v) is 5.12. The lowest BCUT2D eigenvalue weighted by atomic mass is 10.2. The van der Waals surface area contributed by atoms with Gasteiger partial charge in [-0.2, -0.15) is 5.26 Å². The average molecular weight is 239 g/mol. The second-order valence-corrected chi connectivity index (χ2v) is 3.59. The van der Waals surface area contributed by atoms with Crippen molar-refractivity contribution >= 4 is 23.3 Å². The summed E-state index contributed by atoms with van der Waals surface area (Å²) in [7, 11) is 0. The number of halogens is 1. The van der Waals surface area contributed by atoms with Crippen LogP contribution in [-0.4, -0.2) is 24.2 Å². The van der Waals surface area contributed by atoms with Gasteiger partial charge < -0.3 is 10.0 Å². The number of nitriles is 1. The van der Waals surface area contributed by atoms with Crippen LogP contribution >= 0.6 is 11.6 Å². The van der Waals surface area contributed by atoms with Gasteiger partial charge in [-0.25, -0.2) is 0 Å². The molecule has 0 aromatic heterocycles. The number of carboxylic acid groups (broad SMARTS) is 1. The molecule has 0 amide bonds. The van der Waals surface area contributed by atoms with Crippen LogP contribution in [0.15, 0.2) is 18.2 Å². The van der Waals surface area contributed by atoms with Crippen molar-refractivity contribution in [1.82, 2.24) is 0 Å². The molecule has 0 aliphatic rings. The lowest BCUT2D eigenvalue weighted by molar-refractivity contribution is -0.135. The second kappa shape index (κ2) is 5.38. The largest absolute Gasteiger partial charge is 0.480 e. The van der Waals surface area contributed by atoms with Crippen LogP contribution in [0.2, 0.25) is 5.02 Å². The van der Waals surface area contributed by atoms with Gasteiger partial charge in [0.05, 0.1) is 10.6 Å². The summed E-state index contributed by atoms with van der Waals surface area (Å²) in [6.45, 7) is 2.34. The van der Waals surface area contributed by atoms with Crippen LogP contribution in [0.5, 0.6) is 0 Å². The summed E-state index contributed by atoms with van der Waals surface area (Å²) in [5.41, 5.74) is 1.09. The Balaban J connectivity index is 2.99. The lowest BCUT2D eigenvalue weighted by Gasteiger charge is -2.21. The van der Waals surface area contributed by atoms with E-state index in [0.717, 1.165) is 0 Å². The first-order valence-electron chi connectivity index (χ1n) is 4.75. The summed E-state index contributed by atoms with van der Waals surface area (Å²) in [6, 6.07) is 6.83. The van der Waals surface area contributed by atoms with Crippen molar-refractivity contribution < 1.29 is 9.90 Å². The van der Waals surface area contributed by atoms with Crippen molar-refractivity contribution in [1.29, 1.82) is 5.26 Å². The molecule has 0 saturated carbocycles. The van der Waals surface area contributed by atoms with Gasteiger partial charge in [0.2, 0.25) is 0 Å². The fraction of sp³-hybridized carbons (Fsp3) is 0.273. The Bertz CT molecular complexity index is 440. The van der Waals surface area contributed by atoms with Crippen LogP contribution in [0.3, 0.4) is 0 Å². The molecular weight excluding hydrogens is 228 g/mol. The van der Waals surface area contributed by atoms with E-state index in [2.05, 4.69) is 0 Å². The highest BCUT2D eigenvalue weighted by molar-refractivity contribution is 6.32. The Hall–Kier alpha value is -1.73. The van der Waals surface area contributed by atoms with Crippen LogP contribution in [0, 0.1) is 11.3 Å². The predicted molar refractivity (Wildman–Crippen MR) is 61.7 cm³/mol. The standard InChI is InChI=1S/C11H11ClN2O2/c1-2-14(7-11(15)16)9-4-3-8(6-13)10(12)5-9/h3-5H,2,7H2,1H3,(H,15,16). The SMILES string of the molecule is CCN(CC(=O)O)c1ccc(C#N)c(Cl)c1. The fourth-order valence-corrected chi connectivity index (χ4v) is 1.56. The number of anilines is 1. The number of carbonyl (C=O) groups is 1. The summed E-state index contributed by atoms with van der Waals surface area (Å²) >= 11 is 5.87. The number of hydrogen-bond acceptors (Lipinski definition) is 3. The first-order chi connectivity index (χ1) is 7.58. The van der Waals surface area contributed by atoms with E-state index in [-0.39, 0.29) is 6.54 Å². The molecule has 1 aromatic carbocycles. The number of aliphatic carboxylic acids is 1. The molecule has 0 fully saturated rings. The summed E-state index contributed by atoms with van der Waals surface area (Å²) < 4.78 is 0. The van der Waals surface area contributed by atoms with E-state index in [1.54, 1.807) is 23.1 Å². The number of nitrogens with zero attached hydrogens (tertiary/aromatic N) is 2. The molecule has 1 rings (SSSR count). The Morgan fingerprint density at radius 3 is 2.75 bits per heavy atom. The Morgan fingerprint density at radius 1 is 1.62 bits per heavy atom. The molecule has 5 heteroatoms. The van der Waals surface area contributed by atoms with Gasteiger partial charge >= 0.3 is 5.97 Å². The maximum Gasteiger partial charge on any atom is 0.323 e. The zero-order valence-electron chi connectivity index (χ0n) is 8.77. The van der Waals surface area contributed by atoms with Gasteiger partial charge in [0.25, 0.3) is 0 Å². The number of rotatable bonds is 4. The van der Waals surface area contributed by atoms with Gasteiger partial charge in [-0.15, -0.1) is 0 Å². The van der Waals surface area contributed by atoms with E-state index in [1.807, 2.05) is 13.0 Å². The van der Waals surface area contributed by atoms with E-state index in [0.29, 0.717) is 22.8 Å². The Morgan fingerprint density at radius 2 is 2.31 bits per heavy atom. The number of benzene rings is 1. The van der Waals surface area contributed by atoms with E-state index < -0.39 is 5.97 Å². The highest BCUT2D eigenvalue weighted by atomic mass is 35.5. The van der Waals surface area contributed by atoms with Crippen molar-refractivity contribution in [2.24, 2.45) is 0 Å². The molecule has 0 saturated heterocycles. The van der Waals surface area contributed by atoms with E-state index >= 15 is 0 Å². The molecule has 0 aliphatic carbocycles. The summed E-state index contributed by atoms with van der Waals surface area (Å²) in [4.78, 5) is 12.3. The maximum atomic E-state index is 10.6. The van der Waals surface area contributed by atoms with E-state index in [1.165, 1.54) is 0 Å². The zero-order valence-corrected chi connectivity index (χ0v) is 9.53. The molecule has 0 atom stereocenters. The normalized spacial score (nSPS) is 9.56. The zero-order chi connectivity index (χ0) is 12.1. The maximum absolute atomic E-state index is 10.6. The molecule has 0 radical (unpaired) electrons.